The van der Waals surface area contributed by atoms with E-state index in [1.807, 2.05) is 36.4 Å². The Morgan fingerprint density at radius 3 is 2.65 bits per heavy atom. The molecule has 1 unspecified atom stereocenters. The van der Waals surface area contributed by atoms with Crippen LogP contribution >= 0.6 is 23.4 Å². The summed E-state index contributed by atoms with van der Waals surface area (Å²) >= 11 is 7.57. The Kier molecular flexibility index (Phi) is 4.46. The SMILES string of the molecule is Cn1c(SC2CCN(c3ccccc3Cl)C2=O)nc2ccccc2c1=O. The van der Waals surface area contributed by atoms with Crippen molar-refractivity contribution in [2.45, 2.75) is 16.8 Å². The van der Waals surface area contributed by atoms with Crippen molar-refractivity contribution in [3.63, 3.8) is 0 Å². The molecule has 1 saturated heterocycles. The molecule has 1 aliphatic rings. The Morgan fingerprint density at radius 1 is 1.12 bits per heavy atom. The first-order chi connectivity index (χ1) is 12.6. The molecule has 1 amide bonds. The Labute approximate surface area is 159 Å². The number of para-hydroxylation sites is 2. The molecule has 0 saturated carbocycles. The molecule has 0 bridgehead atoms. The highest BCUT2D eigenvalue weighted by atomic mass is 35.5. The first-order valence-corrected chi connectivity index (χ1v) is 9.50. The van der Waals surface area contributed by atoms with Crippen LogP contribution in [0.15, 0.2) is 58.5 Å². The summed E-state index contributed by atoms with van der Waals surface area (Å²) in [5, 5.41) is 1.40. The molecule has 4 rings (SSSR count). The third-order valence-electron chi connectivity index (χ3n) is 4.49. The fourth-order valence-electron chi connectivity index (χ4n) is 3.10. The fraction of sp³-hybridized carbons (Fsp3) is 0.211. The molecule has 0 spiro atoms. The van der Waals surface area contributed by atoms with Crippen LogP contribution in [0.5, 0.6) is 0 Å². The van der Waals surface area contributed by atoms with Gasteiger partial charge in [-0.2, -0.15) is 0 Å². The van der Waals surface area contributed by atoms with Gasteiger partial charge in [-0.15, -0.1) is 0 Å². The molecule has 3 aromatic rings. The quantitative estimate of drug-likeness (QED) is 0.648. The van der Waals surface area contributed by atoms with Gasteiger partial charge >= 0.3 is 0 Å². The van der Waals surface area contributed by atoms with Gasteiger partial charge in [-0.1, -0.05) is 47.6 Å². The van der Waals surface area contributed by atoms with Crippen LogP contribution in [-0.2, 0) is 11.8 Å². The summed E-state index contributed by atoms with van der Waals surface area (Å²) < 4.78 is 1.51. The van der Waals surface area contributed by atoms with Crippen molar-refractivity contribution >= 4 is 45.9 Å². The number of hydrogen-bond acceptors (Lipinski definition) is 4. The van der Waals surface area contributed by atoms with Crippen molar-refractivity contribution in [1.29, 1.82) is 0 Å². The van der Waals surface area contributed by atoms with Gasteiger partial charge < -0.3 is 4.90 Å². The van der Waals surface area contributed by atoms with E-state index >= 15 is 0 Å². The second-order valence-corrected chi connectivity index (χ2v) is 7.69. The van der Waals surface area contributed by atoms with Gasteiger partial charge in [-0.25, -0.2) is 4.98 Å². The van der Waals surface area contributed by atoms with Gasteiger partial charge in [0.2, 0.25) is 5.91 Å². The van der Waals surface area contributed by atoms with Gasteiger partial charge in [0.25, 0.3) is 5.56 Å². The van der Waals surface area contributed by atoms with Gasteiger partial charge in [-0.3, -0.25) is 14.2 Å². The number of hydrogen-bond donors (Lipinski definition) is 0. The number of carbonyl (C=O) groups excluding carboxylic acids is 1. The number of fused-ring (bicyclic) bond motifs is 1. The molecule has 1 aliphatic heterocycles. The lowest BCUT2D eigenvalue weighted by Crippen LogP contribution is -2.29. The summed E-state index contributed by atoms with van der Waals surface area (Å²) in [6.07, 6.45) is 0.678. The molecule has 0 radical (unpaired) electrons. The number of aromatic nitrogens is 2. The Morgan fingerprint density at radius 2 is 1.85 bits per heavy atom. The van der Waals surface area contributed by atoms with E-state index in [0.717, 1.165) is 5.69 Å². The van der Waals surface area contributed by atoms with Crippen LogP contribution in [0.3, 0.4) is 0 Å². The average molecular weight is 386 g/mol. The molecular formula is C19H16ClN3O2S. The van der Waals surface area contributed by atoms with Crippen molar-refractivity contribution in [1.82, 2.24) is 9.55 Å². The summed E-state index contributed by atoms with van der Waals surface area (Å²) in [4.78, 5) is 31.7. The molecule has 5 nitrogen and oxygen atoms in total. The molecule has 2 heterocycles. The van der Waals surface area contributed by atoms with Crippen molar-refractivity contribution in [3.05, 3.63) is 63.9 Å². The average Bonchev–Trinajstić information content (AvgIpc) is 3.00. The van der Waals surface area contributed by atoms with E-state index < -0.39 is 0 Å². The Balaban J connectivity index is 1.64. The number of thioether (sulfide) groups is 1. The molecule has 1 aromatic heterocycles. The number of benzene rings is 2. The second kappa shape index (κ2) is 6.78. The van der Waals surface area contributed by atoms with E-state index in [1.54, 1.807) is 24.1 Å². The molecule has 1 fully saturated rings. The summed E-state index contributed by atoms with van der Waals surface area (Å²) in [6.45, 7) is 0.599. The second-order valence-electron chi connectivity index (χ2n) is 6.11. The lowest BCUT2D eigenvalue weighted by Gasteiger charge is -2.18. The van der Waals surface area contributed by atoms with E-state index in [-0.39, 0.29) is 16.7 Å². The van der Waals surface area contributed by atoms with Crippen LogP contribution in [0, 0.1) is 0 Å². The molecular weight excluding hydrogens is 370 g/mol. The molecule has 2 aromatic carbocycles. The van der Waals surface area contributed by atoms with E-state index in [2.05, 4.69) is 4.98 Å². The number of nitrogens with zero attached hydrogens (tertiary/aromatic N) is 3. The van der Waals surface area contributed by atoms with Crippen LogP contribution in [0.25, 0.3) is 10.9 Å². The monoisotopic (exact) mass is 385 g/mol. The fourth-order valence-corrected chi connectivity index (χ4v) is 4.44. The molecule has 0 N–H and O–H groups in total. The van der Waals surface area contributed by atoms with Crippen molar-refractivity contribution < 1.29 is 4.79 Å². The number of halogens is 1. The van der Waals surface area contributed by atoms with Gasteiger partial charge in [-0.05, 0) is 30.7 Å². The maximum atomic E-state index is 12.9. The summed E-state index contributed by atoms with van der Waals surface area (Å²) in [5.41, 5.74) is 1.26. The lowest BCUT2D eigenvalue weighted by atomic mass is 10.2. The minimum absolute atomic E-state index is 0.00879. The van der Waals surface area contributed by atoms with Gasteiger partial charge in [0.1, 0.15) is 0 Å². The zero-order chi connectivity index (χ0) is 18.3. The number of anilines is 1. The summed E-state index contributed by atoms with van der Waals surface area (Å²) in [5.74, 6) is -0.00879. The van der Waals surface area contributed by atoms with Crippen LogP contribution in [-0.4, -0.2) is 27.3 Å². The highest BCUT2D eigenvalue weighted by Crippen LogP contribution is 2.35. The Bertz CT molecular complexity index is 1070. The standard InChI is InChI=1S/C19H16ClN3O2S/c1-22-17(24)12-6-2-4-8-14(12)21-19(22)26-16-10-11-23(18(16)25)15-9-5-3-7-13(15)20/h2-9,16H,10-11H2,1H3. The van der Waals surface area contributed by atoms with Crippen LogP contribution < -0.4 is 10.5 Å². The lowest BCUT2D eigenvalue weighted by molar-refractivity contribution is -0.116. The molecule has 1 atom stereocenters. The summed E-state index contributed by atoms with van der Waals surface area (Å²) in [6, 6.07) is 14.6. The Hall–Kier alpha value is -2.31. The maximum Gasteiger partial charge on any atom is 0.261 e. The third-order valence-corrected chi connectivity index (χ3v) is 6.11. The number of amides is 1. The smallest absolute Gasteiger partial charge is 0.261 e. The van der Waals surface area contributed by atoms with E-state index in [0.29, 0.717) is 34.0 Å². The third kappa shape index (κ3) is 2.89. The number of rotatable bonds is 3. The van der Waals surface area contributed by atoms with E-state index in [1.165, 1.54) is 16.3 Å². The zero-order valence-electron chi connectivity index (χ0n) is 14.1. The van der Waals surface area contributed by atoms with E-state index in [9.17, 15) is 9.59 Å². The van der Waals surface area contributed by atoms with Crippen molar-refractivity contribution in [3.8, 4) is 0 Å². The van der Waals surface area contributed by atoms with Crippen LogP contribution in [0.2, 0.25) is 5.02 Å². The largest absolute Gasteiger partial charge is 0.310 e. The maximum absolute atomic E-state index is 12.9. The van der Waals surface area contributed by atoms with Crippen LogP contribution in [0.4, 0.5) is 5.69 Å². The van der Waals surface area contributed by atoms with Gasteiger partial charge in [0.15, 0.2) is 5.16 Å². The normalized spacial score (nSPS) is 17.2. The highest BCUT2D eigenvalue weighted by Gasteiger charge is 2.35. The predicted molar refractivity (Wildman–Crippen MR) is 105 cm³/mol. The number of carbonyl (C=O) groups is 1. The van der Waals surface area contributed by atoms with Crippen molar-refractivity contribution in [2.24, 2.45) is 7.05 Å². The van der Waals surface area contributed by atoms with Gasteiger partial charge in [0, 0.05) is 13.6 Å². The first kappa shape index (κ1) is 17.1. The van der Waals surface area contributed by atoms with Crippen molar-refractivity contribution in [2.75, 3.05) is 11.4 Å². The molecule has 0 aliphatic carbocycles. The first-order valence-electron chi connectivity index (χ1n) is 8.24. The van der Waals surface area contributed by atoms with Crippen LogP contribution in [0.1, 0.15) is 6.42 Å². The predicted octanol–water partition coefficient (Wildman–Crippen LogP) is 3.48. The minimum Gasteiger partial charge on any atom is -0.310 e. The van der Waals surface area contributed by atoms with Gasteiger partial charge in [0.05, 0.1) is 26.9 Å². The summed E-state index contributed by atoms with van der Waals surface area (Å²) in [7, 11) is 1.69. The molecule has 7 heteroatoms. The zero-order valence-corrected chi connectivity index (χ0v) is 15.6. The minimum atomic E-state index is -0.287. The topological polar surface area (TPSA) is 55.2 Å². The highest BCUT2D eigenvalue weighted by molar-refractivity contribution is 8.00. The van der Waals surface area contributed by atoms with E-state index in [4.69, 9.17) is 11.6 Å². The molecule has 132 valence electrons. The molecule has 26 heavy (non-hydrogen) atoms.